The van der Waals surface area contributed by atoms with Crippen LogP contribution in [0.15, 0.2) is 24.3 Å². The highest BCUT2D eigenvalue weighted by atomic mass is 16.5. The van der Waals surface area contributed by atoms with Crippen LogP contribution in [-0.2, 0) is 17.8 Å². The van der Waals surface area contributed by atoms with Gasteiger partial charge in [-0.25, -0.2) is 0 Å². The van der Waals surface area contributed by atoms with E-state index < -0.39 is 0 Å². The predicted molar refractivity (Wildman–Crippen MR) is 83.7 cm³/mol. The Hall–Kier alpha value is -0.900. The van der Waals surface area contributed by atoms with Gasteiger partial charge in [0.1, 0.15) is 0 Å². The molecule has 1 N–H and O–H groups in total. The van der Waals surface area contributed by atoms with Crippen LogP contribution in [0, 0.1) is 0 Å². The maximum absolute atomic E-state index is 5.75. The van der Waals surface area contributed by atoms with Crippen molar-refractivity contribution in [2.45, 2.75) is 45.9 Å². The molecule has 1 aromatic carbocycles. The van der Waals surface area contributed by atoms with Gasteiger partial charge in [-0.3, -0.25) is 4.90 Å². The van der Waals surface area contributed by atoms with Crippen LogP contribution < -0.4 is 5.32 Å². The van der Waals surface area contributed by atoms with Crippen LogP contribution >= 0.6 is 0 Å². The first-order valence-electron chi connectivity index (χ1n) is 7.94. The van der Waals surface area contributed by atoms with Crippen molar-refractivity contribution in [1.82, 2.24) is 10.2 Å². The minimum atomic E-state index is 0.444. The number of hydrogen-bond donors (Lipinski definition) is 1. The highest BCUT2D eigenvalue weighted by Gasteiger charge is 2.18. The molecule has 1 unspecified atom stereocenters. The first kappa shape index (κ1) is 15.5. The van der Waals surface area contributed by atoms with Gasteiger partial charge in [-0.2, -0.15) is 0 Å². The average molecular weight is 276 g/mol. The molecule has 3 nitrogen and oxygen atoms in total. The molecule has 20 heavy (non-hydrogen) atoms. The van der Waals surface area contributed by atoms with Gasteiger partial charge in [-0.05, 0) is 37.1 Å². The Balaban J connectivity index is 1.88. The normalized spacial score (nSPS) is 18.9. The standard InChI is InChI=1S/C17H28N2O/c1-3-18-12-15-7-5-8-16(11-15)13-19(4-2)14-17-9-6-10-20-17/h5,7-8,11,17-18H,3-4,6,9-10,12-14H2,1-2H3. The van der Waals surface area contributed by atoms with Crippen LogP contribution in [0.25, 0.3) is 0 Å². The quantitative estimate of drug-likeness (QED) is 0.790. The summed E-state index contributed by atoms with van der Waals surface area (Å²) in [4.78, 5) is 2.49. The summed E-state index contributed by atoms with van der Waals surface area (Å²) >= 11 is 0. The third-order valence-electron chi connectivity index (χ3n) is 3.91. The second-order valence-electron chi connectivity index (χ2n) is 5.56. The fourth-order valence-electron chi connectivity index (χ4n) is 2.75. The summed E-state index contributed by atoms with van der Waals surface area (Å²) in [5, 5.41) is 3.38. The Kier molecular flexibility index (Phi) is 6.51. The molecule has 1 aromatic rings. The van der Waals surface area contributed by atoms with Crippen LogP contribution in [0.1, 0.15) is 37.8 Å². The topological polar surface area (TPSA) is 24.5 Å². The predicted octanol–water partition coefficient (Wildman–Crippen LogP) is 2.80. The molecule has 0 radical (unpaired) electrons. The molecule has 0 aliphatic carbocycles. The van der Waals surface area contributed by atoms with E-state index in [4.69, 9.17) is 4.74 Å². The monoisotopic (exact) mass is 276 g/mol. The first-order chi connectivity index (χ1) is 9.81. The number of benzene rings is 1. The summed E-state index contributed by atoms with van der Waals surface area (Å²) in [5.74, 6) is 0. The zero-order valence-electron chi connectivity index (χ0n) is 12.9. The highest BCUT2D eigenvalue weighted by Crippen LogP contribution is 2.15. The largest absolute Gasteiger partial charge is 0.377 e. The number of nitrogens with one attached hydrogen (secondary N) is 1. The van der Waals surface area contributed by atoms with E-state index in [1.165, 1.54) is 24.0 Å². The van der Waals surface area contributed by atoms with Crippen molar-refractivity contribution in [3.8, 4) is 0 Å². The van der Waals surface area contributed by atoms with Gasteiger partial charge in [0.05, 0.1) is 6.10 Å². The molecule has 1 fully saturated rings. The molecular weight excluding hydrogens is 248 g/mol. The van der Waals surface area contributed by atoms with Crippen LogP contribution in [0.2, 0.25) is 0 Å². The maximum Gasteiger partial charge on any atom is 0.0702 e. The third kappa shape index (κ3) is 4.89. The number of likely N-dealkylation sites (N-methyl/N-ethyl adjacent to an activating group) is 1. The molecule has 0 amide bonds. The highest BCUT2D eigenvalue weighted by molar-refractivity contribution is 5.23. The Labute approximate surface area is 123 Å². The van der Waals surface area contributed by atoms with Gasteiger partial charge in [0.2, 0.25) is 0 Å². The van der Waals surface area contributed by atoms with E-state index in [0.717, 1.165) is 39.3 Å². The lowest BCUT2D eigenvalue weighted by Gasteiger charge is -2.24. The number of nitrogens with zero attached hydrogens (tertiary/aromatic N) is 1. The zero-order chi connectivity index (χ0) is 14.2. The van der Waals surface area contributed by atoms with E-state index in [1.54, 1.807) is 0 Å². The van der Waals surface area contributed by atoms with Crippen molar-refractivity contribution in [3.05, 3.63) is 35.4 Å². The smallest absolute Gasteiger partial charge is 0.0702 e. The summed E-state index contributed by atoms with van der Waals surface area (Å²) in [6.07, 6.45) is 2.89. The summed E-state index contributed by atoms with van der Waals surface area (Å²) in [6, 6.07) is 8.92. The Morgan fingerprint density at radius 1 is 1.30 bits per heavy atom. The molecular formula is C17H28N2O. The van der Waals surface area contributed by atoms with E-state index in [2.05, 4.69) is 48.3 Å². The van der Waals surface area contributed by atoms with Crippen LogP contribution in [0.4, 0.5) is 0 Å². The van der Waals surface area contributed by atoms with E-state index in [9.17, 15) is 0 Å². The number of rotatable bonds is 8. The van der Waals surface area contributed by atoms with Gasteiger partial charge in [0, 0.05) is 26.2 Å². The Morgan fingerprint density at radius 3 is 2.85 bits per heavy atom. The molecule has 1 atom stereocenters. The van der Waals surface area contributed by atoms with Crippen molar-refractivity contribution in [2.24, 2.45) is 0 Å². The van der Waals surface area contributed by atoms with Crippen LogP contribution in [0.5, 0.6) is 0 Å². The Morgan fingerprint density at radius 2 is 2.15 bits per heavy atom. The van der Waals surface area contributed by atoms with Gasteiger partial charge >= 0.3 is 0 Å². The summed E-state index contributed by atoms with van der Waals surface area (Å²) < 4.78 is 5.75. The van der Waals surface area contributed by atoms with Crippen molar-refractivity contribution < 1.29 is 4.74 Å². The van der Waals surface area contributed by atoms with E-state index >= 15 is 0 Å². The number of ether oxygens (including phenoxy) is 1. The van der Waals surface area contributed by atoms with Gasteiger partial charge in [0.15, 0.2) is 0 Å². The van der Waals surface area contributed by atoms with E-state index in [-0.39, 0.29) is 0 Å². The van der Waals surface area contributed by atoms with Gasteiger partial charge in [-0.15, -0.1) is 0 Å². The second kappa shape index (κ2) is 8.40. The number of hydrogen-bond acceptors (Lipinski definition) is 3. The minimum absolute atomic E-state index is 0.444. The SMILES string of the molecule is CCNCc1cccc(CN(CC)CC2CCCO2)c1. The second-order valence-corrected chi connectivity index (χ2v) is 5.56. The van der Waals surface area contributed by atoms with Gasteiger partial charge in [0.25, 0.3) is 0 Å². The van der Waals surface area contributed by atoms with Gasteiger partial charge < -0.3 is 10.1 Å². The van der Waals surface area contributed by atoms with E-state index in [0.29, 0.717) is 6.10 Å². The lowest BCUT2D eigenvalue weighted by atomic mass is 10.1. The third-order valence-corrected chi connectivity index (χ3v) is 3.91. The van der Waals surface area contributed by atoms with Gasteiger partial charge in [-0.1, -0.05) is 38.1 Å². The molecule has 2 rings (SSSR count). The summed E-state index contributed by atoms with van der Waals surface area (Å²) in [5.41, 5.74) is 2.78. The molecule has 3 heteroatoms. The fraction of sp³-hybridized carbons (Fsp3) is 0.647. The minimum Gasteiger partial charge on any atom is -0.377 e. The summed E-state index contributed by atoms with van der Waals surface area (Å²) in [7, 11) is 0. The molecule has 1 aliphatic rings. The molecule has 112 valence electrons. The lowest BCUT2D eigenvalue weighted by Crippen LogP contribution is -2.31. The van der Waals surface area contributed by atoms with E-state index in [1.807, 2.05) is 0 Å². The van der Waals surface area contributed by atoms with Crippen molar-refractivity contribution in [3.63, 3.8) is 0 Å². The molecule has 0 bridgehead atoms. The van der Waals surface area contributed by atoms with Crippen LogP contribution in [0.3, 0.4) is 0 Å². The Bertz CT molecular complexity index is 388. The molecule has 0 spiro atoms. The average Bonchev–Trinajstić information content (AvgIpc) is 2.98. The maximum atomic E-state index is 5.75. The van der Waals surface area contributed by atoms with Crippen molar-refractivity contribution in [2.75, 3.05) is 26.2 Å². The van der Waals surface area contributed by atoms with Crippen molar-refractivity contribution >= 4 is 0 Å². The zero-order valence-corrected chi connectivity index (χ0v) is 12.9. The summed E-state index contributed by atoms with van der Waals surface area (Å²) in [6.45, 7) is 10.5. The fourth-order valence-corrected chi connectivity index (χ4v) is 2.75. The molecule has 1 heterocycles. The lowest BCUT2D eigenvalue weighted by molar-refractivity contribution is 0.0725. The van der Waals surface area contributed by atoms with Crippen LogP contribution in [-0.4, -0.2) is 37.2 Å². The van der Waals surface area contributed by atoms with Crippen molar-refractivity contribution in [1.29, 1.82) is 0 Å². The molecule has 1 saturated heterocycles. The molecule has 0 aromatic heterocycles. The molecule has 1 aliphatic heterocycles. The molecule has 0 saturated carbocycles. The first-order valence-corrected chi connectivity index (χ1v) is 7.94.